The Hall–Kier alpha value is -2.23. The van der Waals surface area contributed by atoms with E-state index in [4.69, 9.17) is 4.74 Å². The van der Waals surface area contributed by atoms with Crippen LogP contribution in [0.3, 0.4) is 0 Å². The molecule has 0 aromatic heterocycles. The van der Waals surface area contributed by atoms with Gasteiger partial charge in [-0.2, -0.15) is 0 Å². The van der Waals surface area contributed by atoms with E-state index in [9.17, 15) is 13.6 Å². The van der Waals surface area contributed by atoms with Crippen LogP contribution in [0, 0.1) is 23.0 Å². The van der Waals surface area contributed by atoms with E-state index in [0.29, 0.717) is 0 Å². The zero-order valence-corrected chi connectivity index (χ0v) is 12.7. The van der Waals surface area contributed by atoms with Crippen molar-refractivity contribution in [2.24, 2.45) is 11.3 Å². The van der Waals surface area contributed by atoms with E-state index in [1.165, 1.54) is 31.4 Å². The number of hydrogen-bond donors (Lipinski definition) is 0. The molecule has 2 aliphatic carbocycles. The fraction of sp³-hybridized carbons (Fsp3) is 0.316. The van der Waals surface area contributed by atoms with Crippen LogP contribution >= 0.6 is 0 Å². The molecular weight excluding hydrogens is 298 g/mol. The molecule has 2 aromatic carbocycles. The van der Waals surface area contributed by atoms with Crippen molar-refractivity contribution in [1.82, 2.24) is 0 Å². The normalized spacial score (nSPS) is 26.8. The van der Waals surface area contributed by atoms with Crippen LogP contribution in [0.2, 0.25) is 0 Å². The Morgan fingerprint density at radius 2 is 1.48 bits per heavy atom. The summed E-state index contributed by atoms with van der Waals surface area (Å²) in [6, 6.07) is 12.8. The minimum absolute atomic E-state index is 0.136. The molecule has 0 aliphatic heterocycles. The van der Waals surface area contributed by atoms with Gasteiger partial charge < -0.3 is 4.74 Å². The molecule has 0 bridgehead atoms. The molecule has 2 atom stereocenters. The van der Waals surface area contributed by atoms with Crippen molar-refractivity contribution in [2.45, 2.75) is 18.3 Å². The lowest BCUT2D eigenvalue weighted by Crippen LogP contribution is -2.16. The van der Waals surface area contributed by atoms with E-state index < -0.39 is 0 Å². The van der Waals surface area contributed by atoms with Crippen molar-refractivity contribution in [3.63, 3.8) is 0 Å². The number of esters is 1. The second-order valence-corrected chi connectivity index (χ2v) is 6.53. The quantitative estimate of drug-likeness (QED) is 0.805. The number of hydrogen-bond acceptors (Lipinski definition) is 2. The van der Waals surface area contributed by atoms with Crippen molar-refractivity contribution in [1.29, 1.82) is 0 Å². The topological polar surface area (TPSA) is 26.3 Å². The molecule has 2 nitrogen and oxygen atoms in total. The van der Waals surface area contributed by atoms with Crippen LogP contribution in [0.25, 0.3) is 0 Å². The summed E-state index contributed by atoms with van der Waals surface area (Å²) < 4.78 is 31.5. The highest BCUT2D eigenvalue weighted by atomic mass is 19.1. The van der Waals surface area contributed by atoms with Gasteiger partial charge in [-0.1, -0.05) is 24.3 Å². The molecule has 4 heteroatoms. The van der Waals surface area contributed by atoms with Crippen LogP contribution in [0.15, 0.2) is 48.5 Å². The number of carbonyl (C=O) groups excluding carboxylic acids is 1. The molecule has 4 rings (SSSR count). The zero-order valence-electron chi connectivity index (χ0n) is 12.7. The molecule has 2 aromatic rings. The van der Waals surface area contributed by atoms with Crippen LogP contribution in [0.4, 0.5) is 8.78 Å². The largest absolute Gasteiger partial charge is 0.469 e. The van der Waals surface area contributed by atoms with E-state index in [0.717, 1.165) is 24.0 Å². The highest BCUT2D eigenvalue weighted by Gasteiger charge is 2.82. The lowest BCUT2D eigenvalue weighted by Gasteiger charge is -2.19. The van der Waals surface area contributed by atoms with Crippen LogP contribution in [-0.4, -0.2) is 13.1 Å². The van der Waals surface area contributed by atoms with Crippen LogP contribution in [0.5, 0.6) is 0 Å². The molecule has 1 spiro atoms. The SMILES string of the molecule is COC(=O)[C@@H]1CC12CC2(c1ccc(F)cc1)c1ccc(F)cc1. The number of carbonyl (C=O) groups is 1. The maximum Gasteiger partial charge on any atom is 0.309 e. The summed E-state index contributed by atoms with van der Waals surface area (Å²) in [6.45, 7) is 0. The van der Waals surface area contributed by atoms with Crippen molar-refractivity contribution < 1.29 is 18.3 Å². The van der Waals surface area contributed by atoms with Gasteiger partial charge in [0.15, 0.2) is 0 Å². The molecule has 118 valence electrons. The van der Waals surface area contributed by atoms with E-state index in [1.54, 1.807) is 24.3 Å². The summed E-state index contributed by atoms with van der Waals surface area (Å²) in [4.78, 5) is 11.9. The molecule has 2 fully saturated rings. The van der Waals surface area contributed by atoms with E-state index in [1.807, 2.05) is 0 Å². The number of halogens is 2. The van der Waals surface area contributed by atoms with Crippen molar-refractivity contribution >= 4 is 5.97 Å². The minimum atomic E-state index is -0.354. The molecule has 0 N–H and O–H groups in total. The predicted molar refractivity (Wildman–Crippen MR) is 80.8 cm³/mol. The van der Waals surface area contributed by atoms with Gasteiger partial charge in [-0.3, -0.25) is 4.79 Å². The lowest BCUT2D eigenvalue weighted by molar-refractivity contribution is -0.142. The van der Waals surface area contributed by atoms with E-state index in [2.05, 4.69) is 0 Å². The monoisotopic (exact) mass is 314 g/mol. The van der Waals surface area contributed by atoms with Gasteiger partial charge in [0.05, 0.1) is 13.0 Å². The average Bonchev–Trinajstić information content (AvgIpc) is 3.45. The van der Waals surface area contributed by atoms with Gasteiger partial charge in [-0.25, -0.2) is 8.78 Å². The first-order valence-electron chi connectivity index (χ1n) is 7.63. The van der Waals surface area contributed by atoms with Crippen LogP contribution in [-0.2, 0) is 14.9 Å². The zero-order chi connectivity index (χ0) is 16.2. The molecular formula is C19H16F2O2. The maximum absolute atomic E-state index is 13.3. The smallest absolute Gasteiger partial charge is 0.309 e. The molecule has 0 amide bonds. The Kier molecular flexibility index (Phi) is 2.89. The Balaban J connectivity index is 1.79. The Morgan fingerprint density at radius 3 is 1.91 bits per heavy atom. The first-order valence-corrected chi connectivity index (χ1v) is 7.63. The number of ether oxygens (including phenoxy) is 1. The van der Waals surface area contributed by atoms with Crippen LogP contribution in [0.1, 0.15) is 24.0 Å². The number of rotatable bonds is 3. The number of benzene rings is 2. The van der Waals surface area contributed by atoms with Gasteiger partial charge in [0.1, 0.15) is 11.6 Å². The fourth-order valence-electron chi connectivity index (χ4n) is 4.27. The third kappa shape index (κ3) is 1.87. The highest BCUT2D eigenvalue weighted by Crippen LogP contribution is 2.83. The highest BCUT2D eigenvalue weighted by molar-refractivity contribution is 5.80. The molecule has 2 aliphatic rings. The van der Waals surface area contributed by atoms with Crippen molar-refractivity contribution in [3.8, 4) is 0 Å². The van der Waals surface area contributed by atoms with Gasteiger partial charge in [0.2, 0.25) is 0 Å². The summed E-state index contributed by atoms with van der Waals surface area (Å²) in [5.74, 6) is -0.922. The molecule has 1 unspecified atom stereocenters. The van der Waals surface area contributed by atoms with Gasteiger partial charge in [0, 0.05) is 5.41 Å². The van der Waals surface area contributed by atoms with E-state index >= 15 is 0 Å². The predicted octanol–water partition coefficient (Wildman–Crippen LogP) is 3.83. The van der Waals surface area contributed by atoms with Crippen molar-refractivity contribution in [2.75, 3.05) is 7.11 Å². The first kappa shape index (κ1) is 14.4. The molecule has 23 heavy (non-hydrogen) atoms. The summed E-state index contributed by atoms with van der Waals surface area (Å²) >= 11 is 0. The Labute approximate surface area is 133 Å². The third-order valence-electron chi connectivity index (χ3n) is 5.54. The summed E-state index contributed by atoms with van der Waals surface area (Å²) in [5.41, 5.74) is 1.41. The van der Waals surface area contributed by atoms with Crippen LogP contribution < -0.4 is 0 Å². The maximum atomic E-state index is 13.3. The summed E-state index contributed by atoms with van der Waals surface area (Å²) in [5, 5.41) is 0. The lowest BCUT2D eigenvalue weighted by atomic mass is 9.84. The van der Waals surface area contributed by atoms with E-state index in [-0.39, 0.29) is 34.4 Å². The minimum Gasteiger partial charge on any atom is -0.469 e. The third-order valence-corrected chi connectivity index (χ3v) is 5.54. The summed E-state index contributed by atoms with van der Waals surface area (Å²) in [6.07, 6.45) is 1.56. The number of methoxy groups -OCH3 is 1. The fourth-order valence-corrected chi connectivity index (χ4v) is 4.27. The average molecular weight is 314 g/mol. The van der Waals surface area contributed by atoms with Gasteiger partial charge in [-0.05, 0) is 53.6 Å². The second kappa shape index (κ2) is 4.63. The first-order chi connectivity index (χ1) is 11.0. The molecule has 0 heterocycles. The van der Waals surface area contributed by atoms with Gasteiger partial charge in [-0.15, -0.1) is 0 Å². The Bertz CT molecular complexity index is 721. The van der Waals surface area contributed by atoms with Crippen molar-refractivity contribution in [3.05, 3.63) is 71.3 Å². The molecule has 2 saturated carbocycles. The molecule has 0 radical (unpaired) electrons. The van der Waals surface area contributed by atoms with Gasteiger partial charge >= 0.3 is 5.97 Å². The standard InChI is InChI=1S/C19H16F2O2/c1-23-17(22)16-10-18(16)11-19(18,12-2-6-14(20)7-3-12)13-4-8-15(21)9-5-13/h2-9,16H,10-11H2,1H3/t16-,18?/m0/s1. The van der Waals surface area contributed by atoms with Gasteiger partial charge in [0.25, 0.3) is 0 Å². The Morgan fingerprint density at radius 1 is 1.00 bits per heavy atom. The summed E-state index contributed by atoms with van der Waals surface area (Å²) in [7, 11) is 1.40. The second-order valence-electron chi connectivity index (χ2n) is 6.53. The molecule has 0 saturated heterocycles.